The van der Waals surface area contributed by atoms with Crippen LogP contribution < -0.4 is 5.32 Å². The molecular formula is C17H18N4O2S. The third-order valence-corrected chi connectivity index (χ3v) is 4.85. The Hall–Kier alpha value is -2.72. The van der Waals surface area contributed by atoms with Crippen LogP contribution in [0.1, 0.15) is 45.0 Å². The van der Waals surface area contributed by atoms with E-state index >= 15 is 0 Å². The minimum Gasteiger partial charge on any atom is -0.338 e. The molecule has 24 heavy (non-hydrogen) atoms. The smallest absolute Gasteiger partial charge is 0.264 e. The highest BCUT2D eigenvalue weighted by Gasteiger charge is 2.24. The maximum atomic E-state index is 12.6. The van der Waals surface area contributed by atoms with Crippen LogP contribution in [-0.4, -0.2) is 34.8 Å². The van der Waals surface area contributed by atoms with Crippen LogP contribution in [0.15, 0.2) is 24.5 Å². The summed E-state index contributed by atoms with van der Waals surface area (Å²) in [6.45, 7) is 6.71. The second-order valence-corrected chi connectivity index (χ2v) is 6.07. The molecule has 6 nitrogen and oxygen atoms in total. The number of amides is 2. The first kappa shape index (κ1) is 17.6. The molecule has 0 radical (unpaired) electrons. The summed E-state index contributed by atoms with van der Waals surface area (Å²) in [6.07, 6.45) is 3.03. The number of nitrogens with zero attached hydrogens (tertiary/aromatic N) is 3. The molecule has 2 heterocycles. The minimum atomic E-state index is -0.359. The van der Waals surface area contributed by atoms with Gasteiger partial charge in [0.25, 0.3) is 11.8 Å². The van der Waals surface area contributed by atoms with E-state index in [1.807, 2.05) is 13.8 Å². The topological polar surface area (TPSA) is 86.1 Å². The first-order chi connectivity index (χ1) is 11.5. The van der Waals surface area contributed by atoms with Gasteiger partial charge in [0.15, 0.2) is 0 Å². The SMILES string of the molecule is CCN(CC)C(=O)c1sc(NC(=O)c2cccnc2)c(C#N)c1C. The van der Waals surface area contributed by atoms with Gasteiger partial charge in [-0.05, 0) is 38.5 Å². The Morgan fingerprint density at radius 1 is 1.38 bits per heavy atom. The van der Waals surface area contributed by atoms with Crippen molar-refractivity contribution in [1.82, 2.24) is 9.88 Å². The number of nitrogens with one attached hydrogen (secondary N) is 1. The molecule has 2 aromatic heterocycles. The predicted octanol–water partition coefficient (Wildman–Crippen LogP) is 3.06. The number of rotatable bonds is 5. The quantitative estimate of drug-likeness (QED) is 0.905. The van der Waals surface area contributed by atoms with Crippen molar-refractivity contribution in [2.45, 2.75) is 20.8 Å². The van der Waals surface area contributed by atoms with Crippen molar-refractivity contribution < 1.29 is 9.59 Å². The summed E-state index contributed by atoms with van der Waals surface area (Å²) in [7, 11) is 0. The average molecular weight is 342 g/mol. The highest BCUT2D eigenvalue weighted by molar-refractivity contribution is 7.18. The van der Waals surface area contributed by atoms with E-state index in [1.54, 1.807) is 30.2 Å². The van der Waals surface area contributed by atoms with Gasteiger partial charge >= 0.3 is 0 Å². The average Bonchev–Trinajstić information content (AvgIpc) is 2.92. The molecule has 0 unspecified atom stereocenters. The van der Waals surface area contributed by atoms with E-state index in [0.29, 0.717) is 39.7 Å². The standard InChI is InChI=1S/C17H18N4O2S/c1-4-21(5-2)17(23)14-11(3)13(9-18)16(24-14)20-15(22)12-7-6-8-19-10-12/h6-8,10H,4-5H2,1-3H3,(H,20,22). The molecular weight excluding hydrogens is 324 g/mol. The van der Waals surface area contributed by atoms with Crippen molar-refractivity contribution in [3.63, 3.8) is 0 Å². The molecule has 2 rings (SSSR count). The highest BCUT2D eigenvalue weighted by Crippen LogP contribution is 2.33. The Morgan fingerprint density at radius 3 is 2.62 bits per heavy atom. The van der Waals surface area contributed by atoms with Crippen LogP contribution in [0, 0.1) is 18.3 Å². The van der Waals surface area contributed by atoms with Crippen molar-refractivity contribution in [2.75, 3.05) is 18.4 Å². The molecule has 0 aliphatic heterocycles. The monoisotopic (exact) mass is 342 g/mol. The molecule has 0 aliphatic carbocycles. The fraction of sp³-hybridized carbons (Fsp3) is 0.294. The molecule has 124 valence electrons. The Balaban J connectivity index is 2.35. The Bertz CT molecular complexity index is 789. The number of hydrogen-bond donors (Lipinski definition) is 1. The van der Waals surface area contributed by atoms with Crippen LogP contribution in [0.3, 0.4) is 0 Å². The normalized spacial score (nSPS) is 10.1. The van der Waals surface area contributed by atoms with Gasteiger partial charge in [-0.15, -0.1) is 11.3 Å². The molecule has 0 atom stereocenters. The van der Waals surface area contributed by atoms with Gasteiger partial charge in [-0.1, -0.05) is 0 Å². The molecule has 0 fully saturated rings. The van der Waals surface area contributed by atoms with E-state index in [-0.39, 0.29) is 11.8 Å². The van der Waals surface area contributed by atoms with E-state index in [9.17, 15) is 14.9 Å². The summed E-state index contributed by atoms with van der Waals surface area (Å²) in [6, 6.07) is 5.38. The molecule has 0 spiro atoms. The summed E-state index contributed by atoms with van der Waals surface area (Å²) >= 11 is 1.13. The molecule has 2 aromatic rings. The number of carbonyl (C=O) groups is 2. The molecule has 7 heteroatoms. The highest BCUT2D eigenvalue weighted by atomic mass is 32.1. The van der Waals surface area contributed by atoms with Gasteiger partial charge in [0, 0.05) is 25.5 Å². The van der Waals surface area contributed by atoms with Crippen molar-refractivity contribution in [3.05, 3.63) is 46.1 Å². The summed E-state index contributed by atoms with van der Waals surface area (Å²) in [5.41, 5.74) is 1.32. The minimum absolute atomic E-state index is 0.124. The Morgan fingerprint density at radius 2 is 2.08 bits per heavy atom. The number of pyridine rings is 1. The van der Waals surface area contributed by atoms with E-state index in [4.69, 9.17) is 0 Å². The molecule has 2 amide bonds. The van der Waals surface area contributed by atoms with E-state index in [1.165, 1.54) is 6.20 Å². The van der Waals surface area contributed by atoms with Crippen LogP contribution in [0.25, 0.3) is 0 Å². The maximum Gasteiger partial charge on any atom is 0.264 e. The van der Waals surface area contributed by atoms with E-state index < -0.39 is 0 Å². The number of nitriles is 1. The van der Waals surface area contributed by atoms with E-state index in [0.717, 1.165) is 11.3 Å². The lowest BCUT2D eigenvalue weighted by atomic mass is 10.1. The second kappa shape index (κ2) is 7.70. The molecule has 0 bridgehead atoms. The van der Waals surface area contributed by atoms with Crippen molar-refractivity contribution in [1.29, 1.82) is 5.26 Å². The lowest BCUT2D eigenvalue weighted by molar-refractivity contribution is 0.0777. The molecule has 1 N–H and O–H groups in total. The number of thiophene rings is 1. The number of hydrogen-bond acceptors (Lipinski definition) is 5. The molecule has 0 aromatic carbocycles. The van der Waals surface area contributed by atoms with Crippen molar-refractivity contribution in [2.24, 2.45) is 0 Å². The summed E-state index contributed by atoms with van der Waals surface area (Å²) < 4.78 is 0. The lowest BCUT2D eigenvalue weighted by Crippen LogP contribution is -2.30. The fourth-order valence-electron chi connectivity index (χ4n) is 2.27. The van der Waals surface area contributed by atoms with Gasteiger partial charge in [-0.3, -0.25) is 14.6 Å². The third-order valence-electron chi connectivity index (χ3n) is 3.65. The third kappa shape index (κ3) is 3.44. The Kier molecular flexibility index (Phi) is 5.66. The van der Waals surface area contributed by atoms with Crippen LogP contribution in [-0.2, 0) is 0 Å². The molecule has 0 saturated heterocycles. The van der Waals surface area contributed by atoms with Gasteiger partial charge in [-0.2, -0.15) is 5.26 Å². The lowest BCUT2D eigenvalue weighted by Gasteiger charge is -2.17. The first-order valence-electron chi connectivity index (χ1n) is 7.57. The van der Waals surface area contributed by atoms with Crippen LogP contribution in [0.2, 0.25) is 0 Å². The molecule has 0 saturated carbocycles. The summed E-state index contributed by atoms with van der Waals surface area (Å²) in [5.74, 6) is -0.483. The predicted molar refractivity (Wildman–Crippen MR) is 93.2 cm³/mol. The van der Waals surface area contributed by atoms with E-state index in [2.05, 4.69) is 16.4 Å². The van der Waals surface area contributed by atoms with Crippen LogP contribution in [0.5, 0.6) is 0 Å². The van der Waals surface area contributed by atoms with Gasteiger partial charge in [0.1, 0.15) is 11.1 Å². The van der Waals surface area contributed by atoms with Crippen molar-refractivity contribution in [3.8, 4) is 6.07 Å². The fourth-order valence-corrected chi connectivity index (χ4v) is 3.39. The summed E-state index contributed by atoms with van der Waals surface area (Å²) in [5, 5.41) is 12.5. The number of aromatic nitrogens is 1. The maximum absolute atomic E-state index is 12.6. The molecule has 0 aliphatic rings. The van der Waals surface area contributed by atoms with Crippen LogP contribution >= 0.6 is 11.3 Å². The van der Waals surface area contributed by atoms with Gasteiger partial charge in [-0.25, -0.2) is 0 Å². The van der Waals surface area contributed by atoms with Gasteiger partial charge in [0.05, 0.1) is 16.0 Å². The second-order valence-electron chi connectivity index (χ2n) is 5.05. The van der Waals surface area contributed by atoms with Gasteiger partial charge < -0.3 is 10.2 Å². The number of anilines is 1. The zero-order valence-electron chi connectivity index (χ0n) is 13.8. The number of carbonyl (C=O) groups excluding carboxylic acids is 2. The van der Waals surface area contributed by atoms with Crippen molar-refractivity contribution >= 4 is 28.2 Å². The summed E-state index contributed by atoms with van der Waals surface area (Å²) in [4.78, 5) is 30.9. The van der Waals surface area contributed by atoms with Gasteiger partial charge in [0.2, 0.25) is 0 Å². The Labute approximate surface area is 144 Å². The zero-order valence-corrected chi connectivity index (χ0v) is 14.6. The van der Waals surface area contributed by atoms with Crippen LogP contribution in [0.4, 0.5) is 5.00 Å². The first-order valence-corrected chi connectivity index (χ1v) is 8.39. The zero-order chi connectivity index (χ0) is 17.7. The largest absolute Gasteiger partial charge is 0.338 e.